The minimum atomic E-state index is 0.752. The molecule has 0 aliphatic heterocycles. The first-order valence-corrected chi connectivity index (χ1v) is 4.89. The van der Waals surface area contributed by atoms with Crippen molar-refractivity contribution in [1.29, 1.82) is 0 Å². The van der Waals surface area contributed by atoms with Gasteiger partial charge >= 0.3 is 0 Å². The van der Waals surface area contributed by atoms with Crippen molar-refractivity contribution in [2.45, 2.75) is 19.8 Å². The third-order valence-corrected chi connectivity index (χ3v) is 2.11. The second-order valence-electron chi connectivity index (χ2n) is 3.20. The molecule has 14 heavy (non-hydrogen) atoms. The Morgan fingerprint density at radius 1 is 1.50 bits per heavy atom. The number of hydrogen-bond acceptors (Lipinski definition) is 2. The van der Waals surface area contributed by atoms with Crippen LogP contribution in [0.5, 0.6) is 5.75 Å². The van der Waals surface area contributed by atoms with Crippen LogP contribution >= 0.6 is 0 Å². The quantitative estimate of drug-likeness (QED) is 0.750. The van der Waals surface area contributed by atoms with E-state index in [9.17, 15) is 0 Å². The largest absolute Gasteiger partial charge is 0.491 e. The molecular weight excluding hydrogens is 176 g/mol. The summed E-state index contributed by atoms with van der Waals surface area (Å²) in [5.74, 6) is 0.841. The molecule has 2 aromatic rings. The molecule has 3 nitrogen and oxygen atoms in total. The Bertz CT molecular complexity index is 408. The highest BCUT2D eigenvalue weighted by Gasteiger charge is 2.03. The number of nitrogens with zero attached hydrogens (tertiary/aromatic N) is 1. The molecule has 0 fully saturated rings. The molecule has 1 radical (unpaired) electrons. The lowest BCUT2D eigenvalue weighted by molar-refractivity contribution is 0.312. The predicted octanol–water partition coefficient (Wildman–Crippen LogP) is 2.54. The molecule has 1 aromatic carbocycles. The van der Waals surface area contributed by atoms with Gasteiger partial charge in [-0.25, -0.2) is 4.98 Å². The van der Waals surface area contributed by atoms with Crippen LogP contribution in [0.4, 0.5) is 0 Å². The Morgan fingerprint density at radius 3 is 3.29 bits per heavy atom. The summed E-state index contributed by atoms with van der Waals surface area (Å²) in [5, 5.41) is 0. The average Bonchev–Trinajstić information content (AvgIpc) is 2.67. The molecule has 0 aliphatic rings. The summed E-state index contributed by atoms with van der Waals surface area (Å²) >= 11 is 0. The van der Waals surface area contributed by atoms with Crippen molar-refractivity contribution < 1.29 is 4.74 Å². The van der Waals surface area contributed by atoms with E-state index in [-0.39, 0.29) is 0 Å². The van der Waals surface area contributed by atoms with Gasteiger partial charge in [0.2, 0.25) is 0 Å². The van der Waals surface area contributed by atoms with Gasteiger partial charge in [0, 0.05) is 0 Å². The Kier molecular flexibility index (Phi) is 2.68. The predicted molar refractivity (Wildman–Crippen MR) is 55.3 cm³/mol. The molecule has 1 N–H and O–H groups in total. The summed E-state index contributed by atoms with van der Waals surface area (Å²) in [6, 6.07) is 5.85. The van der Waals surface area contributed by atoms with Crippen LogP contribution in [-0.2, 0) is 0 Å². The van der Waals surface area contributed by atoms with Crippen molar-refractivity contribution >= 4 is 11.0 Å². The van der Waals surface area contributed by atoms with E-state index in [1.54, 1.807) is 0 Å². The van der Waals surface area contributed by atoms with Crippen molar-refractivity contribution in [2.75, 3.05) is 6.61 Å². The van der Waals surface area contributed by atoms with Gasteiger partial charge in [0.25, 0.3) is 0 Å². The zero-order valence-electron chi connectivity index (χ0n) is 8.21. The highest BCUT2D eigenvalue weighted by molar-refractivity contribution is 5.80. The van der Waals surface area contributed by atoms with Crippen molar-refractivity contribution in [3.8, 4) is 5.75 Å². The Morgan fingerprint density at radius 2 is 2.43 bits per heavy atom. The van der Waals surface area contributed by atoms with Gasteiger partial charge in [-0.15, -0.1) is 0 Å². The second kappa shape index (κ2) is 4.13. The summed E-state index contributed by atoms with van der Waals surface area (Å²) < 4.78 is 5.62. The summed E-state index contributed by atoms with van der Waals surface area (Å²) in [6.45, 7) is 2.90. The molecule has 73 valence electrons. The molecule has 2 rings (SSSR count). The van der Waals surface area contributed by atoms with Crippen LogP contribution in [0.2, 0.25) is 0 Å². The zero-order valence-corrected chi connectivity index (χ0v) is 8.21. The first-order valence-electron chi connectivity index (χ1n) is 4.89. The van der Waals surface area contributed by atoms with E-state index in [2.05, 4.69) is 23.2 Å². The third-order valence-electron chi connectivity index (χ3n) is 2.11. The van der Waals surface area contributed by atoms with E-state index in [0.717, 1.165) is 36.2 Å². The molecule has 0 atom stereocenters. The van der Waals surface area contributed by atoms with Crippen LogP contribution in [0.25, 0.3) is 11.0 Å². The number of rotatable bonds is 4. The smallest absolute Gasteiger partial charge is 0.174 e. The normalized spacial score (nSPS) is 10.6. The van der Waals surface area contributed by atoms with Gasteiger partial charge in [-0.3, -0.25) is 0 Å². The molecule has 3 heteroatoms. The molecule has 0 bridgehead atoms. The van der Waals surface area contributed by atoms with Gasteiger partial charge in [0.15, 0.2) is 6.33 Å². The van der Waals surface area contributed by atoms with Crippen LogP contribution in [0.1, 0.15) is 19.8 Å². The maximum atomic E-state index is 5.62. The Labute approximate surface area is 83.1 Å². The van der Waals surface area contributed by atoms with Gasteiger partial charge in [-0.1, -0.05) is 19.4 Å². The van der Waals surface area contributed by atoms with Gasteiger partial charge in [0.1, 0.15) is 11.3 Å². The molecule has 0 spiro atoms. The molecule has 0 unspecified atom stereocenters. The number of ether oxygens (including phenoxy) is 1. The lowest BCUT2D eigenvalue weighted by atomic mass is 10.3. The first-order chi connectivity index (χ1) is 6.92. The second-order valence-corrected chi connectivity index (χ2v) is 3.20. The molecular formula is C11H13N2O. The third kappa shape index (κ3) is 1.71. The van der Waals surface area contributed by atoms with Crippen molar-refractivity contribution in [3.63, 3.8) is 0 Å². The zero-order chi connectivity index (χ0) is 9.80. The van der Waals surface area contributed by atoms with Crippen LogP contribution in [0.15, 0.2) is 18.2 Å². The number of unbranched alkanes of at least 4 members (excludes halogenated alkanes) is 1. The minimum Gasteiger partial charge on any atom is -0.491 e. The van der Waals surface area contributed by atoms with E-state index < -0.39 is 0 Å². The van der Waals surface area contributed by atoms with E-state index in [1.807, 2.05) is 18.2 Å². The van der Waals surface area contributed by atoms with E-state index in [4.69, 9.17) is 4.74 Å². The molecule has 1 aromatic heterocycles. The highest BCUT2D eigenvalue weighted by Crippen LogP contribution is 2.21. The summed E-state index contributed by atoms with van der Waals surface area (Å²) in [7, 11) is 0. The first kappa shape index (κ1) is 9.06. The summed E-state index contributed by atoms with van der Waals surface area (Å²) in [6.07, 6.45) is 4.93. The van der Waals surface area contributed by atoms with Gasteiger partial charge in [-0.05, 0) is 18.6 Å². The average molecular weight is 189 g/mol. The molecule has 0 amide bonds. The SMILES string of the molecule is CCCCOc1cccc2[nH][c]nc12. The van der Waals surface area contributed by atoms with Gasteiger partial charge < -0.3 is 9.72 Å². The molecule has 1 heterocycles. The number of benzene rings is 1. The number of H-pyrrole nitrogens is 1. The maximum absolute atomic E-state index is 5.62. The number of imidazole rings is 1. The van der Waals surface area contributed by atoms with Gasteiger partial charge in [0.05, 0.1) is 12.1 Å². The van der Waals surface area contributed by atoms with E-state index >= 15 is 0 Å². The fraction of sp³-hybridized carbons (Fsp3) is 0.364. The Balaban J connectivity index is 2.19. The van der Waals surface area contributed by atoms with Crippen LogP contribution in [-0.4, -0.2) is 16.6 Å². The number of aromatic nitrogens is 2. The van der Waals surface area contributed by atoms with Crippen molar-refractivity contribution in [1.82, 2.24) is 9.97 Å². The lowest BCUT2D eigenvalue weighted by Gasteiger charge is -2.04. The van der Waals surface area contributed by atoms with Crippen molar-refractivity contribution in [3.05, 3.63) is 24.5 Å². The standard InChI is InChI=1S/C11H13N2O/c1-2-3-7-14-10-6-4-5-9-11(10)13-8-12-9/h4-6H,2-3,7H2,1H3,(H,12,13). The van der Waals surface area contributed by atoms with E-state index in [0.29, 0.717) is 0 Å². The Hall–Kier alpha value is -1.51. The lowest BCUT2D eigenvalue weighted by Crippen LogP contribution is -1.96. The molecule has 0 saturated heterocycles. The van der Waals surface area contributed by atoms with Gasteiger partial charge in [-0.2, -0.15) is 0 Å². The van der Waals surface area contributed by atoms with Crippen LogP contribution < -0.4 is 4.74 Å². The number of hydrogen-bond donors (Lipinski definition) is 1. The highest BCUT2D eigenvalue weighted by atomic mass is 16.5. The molecule has 0 saturated carbocycles. The van der Waals surface area contributed by atoms with E-state index in [1.165, 1.54) is 0 Å². The fourth-order valence-electron chi connectivity index (χ4n) is 1.33. The van der Waals surface area contributed by atoms with Crippen molar-refractivity contribution in [2.24, 2.45) is 0 Å². The number of aromatic amines is 1. The summed E-state index contributed by atoms with van der Waals surface area (Å²) in [4.78, 5) is 7.03. The van der Waals surface area contributed by atoms with Crippen LogP contribution in [0.3, 0.4) is 0 Å². The monoisotopic (exact) mass is 189 g/mol. The number of nitrogens with one attached hydrogen (secondary N) is 1. The van der Waals surface area contributed by atoms with Crippen LogP contribution in [0, 0.1) is 6.33 Å². The number of para-hydroxylation sites is 1. The fourth-order valence-corrected chi connectivity index (χ4v) is 1.33. The maximum Gasteiger partial charge on any atom is 0.174 e. The summed E-state index contributed by atoms with van der Waals surface area (Å²) in [5.41, 5.74) is 1.84. The number of fused-ring (bicyclic) bond motifs is 1. The topological polar surface area (TPSA) is 37.9 Å². The molecule has 0 aliphatic carbocycles. The minimum absolute atomic E-state index is 0.752.